The van der Waals surface area contributed by atoms with E-state index in [-0.39, 0.29) is 24.0 Å². The first-order valence-electron chi connectivity index (χ1n) is 7.34. The van der Waals surface area contributed by atoms with Crippen molar-refractivity contribution >= 4 is 11.9 Å². The highest BCUT2D eigenvalue weighted by molar-refractivity contribution is 5.86. The molecular weight excluding hydrogens is 260 g/mol. The first-order valence-corrected chi connectivity index (χ1v) is 7.34. The van der Waals surface area contributed by atoms with Crippen LogP contribution in [0.1, 0.15) is 25.7 Å². The van der Waals surface area contributed by atoms with Crippen molar-refractivity contribution < 1.29 is 19.4 Å². The zero-order valence-corrected chi connectivity index (χ0v) is 11.7. The van der Waals surface area contributed by atoms with Gasteiger partial charge in [0.25, 0.3) is 0 Å². The van der Waals surface area contributed by atoms with Gasteiger partial charge in [-0.05, 0) is 31.1 Å². The lowest BCUT2D eigenvalue weighted by Crippen LogP contribution is -2.50. The van der Waals surface area contributed by atoms with Crippen molar-refractivity contribution in [2.45, 2.75) is 43.9 Å². The van der Waals surface area contributed by atoms with Gasteiger partial charge in [0.15, 0.2) is 0 Å². The Bertz CT molecular complexity index is 425. The summed E-state index contributed by atoms with van der Waals surface area (Å²) in [7, 11) is 1.56. The number of rotatable bonds is 3. The highest BCUT2D eigenvalue weighted by Crippen LogP contribution is 2.48. The molecule has 6 heteroatoms. The molecule has 1 saturated heterocycles. The van der Waals surface area contributed by atoms with Crippen LogP contribution in [0.3, 0.4) is 0 Å². The lowest BCUT2D eigenvalue weighted by atomic mass is 9.84. The standard InChI is InChI=1S/C14H22N2O4/c1-20-9-5-10(14(18)19)16(6-9)13(17)11-7-2-3-8(4-7)12(11)15/h7-12H,2-6,15H2,1H3,(H,18,19). The maximum atomic E-state index is 12.8. The van der Waals surface area contributed by atoms with E-state index < -0.39 is 12.0 Å². The molecule has 3 fully saturated rings. The maximum Gasteiger partial charge on any atom is 0.326 e. The molecule has 6 unspecified atom stereocenters. The minimum Gasteiger partial charge on any atom is -0.480 e. The second kappa shape index (κ2) is 5.00. The summed E-state index contributed by atoms with van der Waals surface area (Å²) in [4.78, 5) is 25.6. The normalized spacial score (nSPS) is 43.2. The first kappa shape index (κ1) is 13.8. The largest absolute Gasteiger partial charge is 0.480 e. The van der Waals surface area contributed by atoms with Crippen molar-refractivity contribution in [1.82, 2.24) is 4.90 Å². The fourth-order valence-corrected chi connectivity index (χ4v) is 4.34. The number of likely N-dealkylation sites (tertiary alicyclic amines) is 1. The second-order valence-electron chi connectivity index (χ2n) is 6.37. The van der Waals surface area contributed by atoms with E-state index in [9.17, 15) is 14.7 Å². The van der Waals surface area contributed by atoms with Crippen molar-refractivity contribution in [2.75, 3.05) is 13.7 Å². The molecule has 0 aromatic rings. The van der Waals surface area contributed by atoms with Crippen LogP contribution in [0.5, 0.6) is 0 Å². The quantitative estimate of drug-likeness (QED) is 0.763. The molecule has 3 aliphatic rings. The molecule has 0 aromatic heterocycles. The number of ether oxygens (including phenoxy) is 1. The summed E-state index contributed by atoms with van der Waals surface area (Å²) < 4.78 is 5.23. The number of amides is 1. The van der Waals surface area contributed by atoms with Crippen LogP contribution in [0.25, 0.3) is 0 Å². The van der Waals surface area contributed by atoms with Gasteiger partial charge in [-0.3, -0.25) is 4.79 Å². The number of methoxy groups -OCH3 is 1. The monoisotopic (exact) mass is 282 g/mol. The summed E-state index contributed by atoms with van der Waals surface area (Å²) >= 11 is 0. The second-order valence-corrected chi connectivity index (χ2v) is 6.37. The number of hydrogen-bond donors (Lipinski definition) is 2. The molecule has 20 heavy (non-hydrogen) atoms. The smallest absolute Gasteiger partial charge is 0.326 e. The molecule has 0 radical (unpaired) electrons. The van der Waals surface area contributed by atoms with Crippen LogP contribution >= 0.6 is 0 Å². The summed E-state index contributed by atoms with van der Waals surface area (Å²) in [6, 6.07) is -0.865. The number of aliphatic carboxylic acids is 1. The Hall–Kier alpha value is -1.14. The Labute approximate surface area is 118 Å². The Kier molecular flexibility index (Phi) is 3.46. The lowest BCUT2D eigenvalue weighted by Gasteiger charge is -2.32. The van der Waals surface area contributed by atoms with Gasteiger partial charge < -0.3 is 20.5 Å². The number of hydrogen-bond acceptors (Lipinski definition) is 4. The van der Waals surface area contributed by atoms with E-state index in [1.54, 1.807) is 7.11 Å². The van der Waals surface area contributed by atoms with Crippen LogP contribution in [-0.4, -0.2) is 53.7 Å². The third-order valence-electron chi connectivity index (χ3n) is 5.43. The van der Waals surface area contributed by atoms with Crippen LogP contribution in [0.2, 0.25) is 0 Å². The number of carboxylic acids is 1. The first-order chi connectivity index (χ1) is 9.52. The van der Waals surface area contributed by atoms with E-state index in [0.29, 0.717) is 24.8 Å². The maximum absolute atomic E-state index is 12.8. The predicted octanol–water partition coefficient (Wildman–Crippen LogP) is 0.0603. The van der Waals surface area contributed by atoms with E-state index >= 15 is 0 Å². The van der Waals surface area contributed by atoms with Crippen molar-refractivity contribution in [3.63, 3.8) is 0 Å². The molecule has 2 saturated carbocycles. The average Bonchev–Trinajstić information content (AvgIpc) is 3.11. The number of carbonyl (C=O) groups is 2. The molecule has 1 heterocycles. The van der Waals surface area contributed by atoms with Gasteiger partial charge in [0.1, 0.15) is 6.04 Å². The number of nitrogens with two attached hydrogens (primary N) is 1. The summed E-state index contributed by atoms with van der Waals surface area (Å²) in [5, 5.41) is 9.31. The Balaban J connectivity index is 1.77. The predicted molar refractivity (Wildman–Crippen MR) is 70.8 cm³/mol. The Morgan fingerprint density at radius 1 is 1.25 bits per heavy atom. The lowest BCUT2D eigenvalue weighted by molar-refractivity contribution is -0.151. The molecule has 2 bridgehead atoms. The van der Waals surface area contributed by atoms with Gasteiger partial charge >= 0.3 is 5.97 Å². The average molecular weight is 282 g/mol. The molecule has 1 amide bonds. The van der Waals surface area contributed by atoms with Crippen molar-refractivity contribution in [2.24, 2.45) is 23.5 Å². The number of carbonyl (C=O) groups excluding carboxylic acids is 1. The Morgan fingerprint density at radius 3 is 2.50 bits per heavy atom. The molecule has 112 valence electrons. The Morgan fingerprint density at radius 2 is 1.95 bits per heavy atom. The van der Waals surface area contributed by atoms with Crippen LogP contribution in [0, 0.1) is 17.8 Å². The number of nitrogens with zero attached hydrogens (tertiary/aromatic N) is 1. The van der Waals surface area contributed by atoms with E-state index in [0.717, 1.165) is 19.3 Å². The third kappa shape index (κ3) is 2.02. The van der Waals surface area contributed by atoms with Gasteiger partial charge in [0.2, 0.25) is 5.91 Å². The molecule has 3 rings (SSSR count). The zero-order chi connectivity index (χ0) is 14.4. The molecule has 1 aliphatic heterocycles. The van der Waals surface area contributed by atoms with E-state index in [1.165, 1.54) is 4.90 Å². The summed E-state index contributed by atoms with van der Waals surface area (Å²) in [6.45, 7) is 0.368. The van der Waals surface area contributed by atoms with Crippen LogP contribution in [0.15, 0.2) is 0 Å². The molecule has 0 spiro atoms. The van der Waals surface area contributed by atoms with Gasteiger partial charge in [0, 0.05) is 26.1 Å². The van der Waals surface area contributed by atoms with Crippen LogP contribution < -0.4 is 5.73 Å². The molecule has 6 nitrogen and oxygen atoms in total. The topological polar surface area (TPSA) is 92.9 Å². The zero-order valence-electron chi connectivity index (χ0n) is 11.7. The molecular formula is C14H22N2O4. The summed E-state index contributed by atoms with van der Waals surface area (Å²) in [5.74, 6) is -0.422. The number of carboxylic acid groups (broad SMARTS) is 1. The van der Waals surface area contributed by atoms with Gasteiger partial charge in [-0.15, -0.1) is 0 Å². The highest BCUT2D eigenvalue weighted by Gasteiger charge is 2.52. The van der Waals surface area contributed by atoms with E-state index in [1.807, 2.05) is 0 Å². The van der Waals surface area contributed by atoms with Crippen molar-refractivity contribution in [3.05, 3.63) is 0 Å². The third-order valence-corrected chi connectivity index (χ3v) is 5.43. The van der Waals surface area contributed by atoms with Gasteiger partial charge in [-0.2, -0.15) is 0 Å². The summed E-state index contributed by atoms with van der Waals surface area (Å²) in [6.07, 6.45) is 3.37. The van der Waals surface area contributed by atoms with Crippen LogP contribution in [-0.2, 0) is 14.3 Å². The molecule has 2 aliphatic carbocycles. The molecule has 6 atom stereocenters. The minimum atomic E-state index is -0.949. The molecule has 3 N–H and O–H groups in total. The SMILES string of the molecule is COC1CC(C(=O)O)N(C(=O)C2C3CCC(C3)C2N)C1. The van der Waals surface area contributed by atoms with Crippen molar-refractivity contribution in [3.8, 4) is 0 Å². The van der Waals surface area contributed by atoms with Gasteiger partial charge in [-0.25, -0.2) is 4.79 Å². The van der Waals surface area contributed by atoms with Crippen molar-refractivity contribution in [1.29, 1.82) is 0 Å². The van der Waals surface area contributed by atoms with Gasteiger partial charge in [-0.1, -0.05) is 0 Å². The fraction of sp³-hybridized carbons (Fsp3) is 0.857. The van der Waals surface area contributed by atoms with E-state index in [2.05, 4.69) is 0 Å². The van der Waals surface area contributed by atoms with E-state index in [4.69, 9.17) is 10.5 Å². The number of fused-ring (bicyclic) bond motifs is 2. The molecule has 0 aromatic carbocycles. The van der Waals surface area contributed by atoms with Gasteiger partial charge in [0.05, 0.1) is 12.0 Å². The fourth-order valence-electron chi connectivity index (χ4n) is 4.34. The van der Waals surface area contributed by atoms with Crippen LogP contribution in [0.4, 0.5) is 0 Å². The summed E-state index contributed by atoms with van der Waals surface area (Å²) in [5.41, 5.74) is 6.20. The highest BCUT2D eigenvalue weighted by atomic mass is 16.5. The minimum absolute atomic E-state index is 0.0725.